The number of nitrogens with one attached hydrogen (secondary N) is 1. The lowest BCUT2D eigenvalue weighted by atomic mass is 9.92. The van der Waals surface area contributed by atoms with Crippen LogP contribution in [0.15, 0.2) is 66.2 Å². The van der Waals surface area contributed by atoms with E-state index in [1.165, 1.54) is 0 Å². The first-order valence-electron chi connectivity index (χ1n) is 7.57. The van der Waals surface area contributed by atoms with E-state index in [0.29, 0.717) is 18.7 Å². The molecule has 0 unspecified atom stereocenters. The third-order valence-corrected chi connectivity index (χ3v) is 3.94. The van der Waals surface area contributed by atoms with Crippen molar-refractivity contribution in [2.24, 2.45) is 0 Å². The third kappa shape index (κ3) is 3.16. The Morgan fingerprint density at radius 2 is 1.61 bits per heavy atom. The van der Waals surface area contributed by atoms with Gasteiger partial charge in [0.05, 0.1) is 0 Å². The van der Waals surface area contributed by atoms with Crippen LogP contribution in [0.2, 0.25) is 0 Å². The Morgan fingerprint density at radius 1 is 1.00 bits per heavy atom. The van der Waals surface area contributed by atoms with Gasteiger partial charge in [-0.05, 0) is 29.7 Å². The van der Waals surface area contributed by atoms with Crippen LogP contribution in [0.5, 0.6) is 0 Å². The Hall–Kier alpha value is -2.88. The van der Waals surface area contributed by atoms with Crippen molar-refractivity contribution in [2.45, 2.75) is 6.42 Å². The van der Waals surface area contributed by atoms with Crippen molar-refractivity contribution in [2.75, 3.05) is 18.9 Å². The number of anilines is 1. The first kappa shape index (κ1) is 15.0. The van der Waals surface area contributed by atoms with Gasteiger partial charge in [0.25, 0.3) is 11.8 Å². The lowest BCUT2D eigenvalue weighted by molar-refractivity contribution is -0.128. The van der Waals surface area contributed by atoms with E-state index in [4.69, 9.17) is 0 Å². The molecule has 116 valence electrons. The lowest BCUT2D eigenvalue weighted by Gasteiger charge is -2.27. The monoisotopic (exact) mass is 306 g/mol. The number of rotatable bonds is 3. The Labute approximate surface area is 135 Å². The molecule has 0 saturated carbocycles. The van der Waals surface area contributed by atoms with E-state index in [-0.39, 0.29) is 17.4 Å². The second-order valence-corrected chi connectivity index (χ2v) is 5.52. The van der Waals surface area contributed by atoms with E-state index in [1.807, 2.05) is 48.5 Å². The number of hydrogen-bond acceptors (Lipinski definition) is 2. The van der Waals surface area contributed by atoms with Gasteiger partial charge in [0.1, 0.15) is 5.57 Å². The normalized spacial score (nSPS) is 14.8. The predicted octanol–water partition coefficient (Wildman–Crippen LogP) is 2.94. The van der Waals surface area contributed by atoms with E-state index in [9.17, 15) is 9.59 Å². The average molecular weight is 306 g/mol. The fraction of sp³-hybridized carbons (Fsp3) is 0.158. The summed E-state index contributed by atoms with van der Waals surface area (Å²) in [7, 11) is 1.72. The van der Waals surface area contributed by atoms with E-state index < -0.39 is 0 Å². The second kappa shape index (κ2) is 6.48. The van der Waals surface area contributed by atoms with E-state index in [0.717, 1.165) is 11.1 Å². The Kier molecular flexibility index (Phi) is 4.24. The molecule has 2 aromatic rings. The molecule has 0 aliphatic carbocycles. The number of carbonyl (C=O) groups excluding carboxylic acids is 2. The fourth-order valence-corrected chi connectivity index (χ4v) is 2.70. The van der Waals surface area contributed by atoms with Gasteiger partial charge < -0.3 is 10.2 Å². The van der Waals surface area contributed by atoms with Crippen LogP contribution in [0.1, 0.15) is 12.0 Å². The minimum Gasteiger partial charge on any atom is -0.341 e. The smallest absolute Gasteiger partial charge is 0.261 e. The Balaban J connectivity index is 2.00. The van der Waals surface area contributed by atoms with E-state index >= 15 is 0 Å². The summed E-state index contributed by atoms with van der Waals surface area (Å²) in [5.74, 6) is -0.588. The molecule has 4 nitrogen and oxygen atoms in total. The number of carbonyl (C=O) groups is 2. The molecule has 1 aliphatic heterocycles. The Bertz CT molecular complexity index is 751. The van der Waals surface area contributed by atoms with Gasteiger partial charge in [0.15, 0.2) is 0 Å². The summed E-state index contributed by atoms with van der Waals surface area (Å²) in [6.07, 6.45) is 0.670. The molecular formula is C19H18N2O2. The molecule has 0 radical (unpaired) electrons. The van der Waals surface area contributed by atoms with Crippen LogP contribution in [0, 0.1) is 0 Å². The predicted molar refractivity (Wildman–Crippen MR) is 90.7 cm³/mol. The largest absolute Gasteiger partial charge is 0.341 e. The summed E-state index contributed by atoms with van der Waals surface area (Å²) in [5, 5.41) is 2.82. The molecule has 4 heteroatoms. The van der Waals surface area contributed by atoms with Crippen LogP contribution in [0.25, 0.3) is 5.57 Å². The van der Waals surface area contributed by atoms with Crippen LogP contribution >= 0.6 is 0 Å². The van der Waals surface area contributed by atoms with Crippen molar-refractivity contribution in [3.05, 3.63) is 71.8 Å². The van der Waals surface area contributed by atoms with Gasteiger partial charge in [-0.25, -0.2) is 0 Å². The molecule has 1 N–H and O–H groups in total. The number of para-hydroxylation sites is 1. The number of benzene rings is 2. The molecule has 0 aromatic heterocycles. The number of likely N-dealkylation sites (N-methyl/N-ethyl adjacent to an activating group) is 1. The zero-order valence-electron chi connectivity index (χ0n) is 13.0. The number of amides is 2. The average Bonchev–Trinajstić information content (AvgIpc) is 2.58. The molecule has 0 bridgehead atoms. The highest BCUT2D eigenvalue weighted by molar-refractivity contribution is 6.27. The van der Waals surface area contributed by atoms with Crippen molar-refractivity contribution in [3.8, 4) is 0 Å². The summed E-state index contributed by atoms with van der Waals surface area (Å²) >= 11 is 0. The maximum Gasteiger partial charge on any atom is 0.261 e. The van der Waals surface area contributed by atoms with Gasteiger partial charge in [-0.1, -0.05) is 48.5 Å². The highest BCUT2D eigenvalue weighted by Gasteiger charge is 2.30. The highest BCUT2D eigenvalue weighted by Crippen LogP contribution is 2.28. The van der Waals surface area contributed by atoms with Gasteiger partial charge in [-0.15, -0.1) is 0 Å². The van der Waals surface area contributed by atoms with E-state index in [1.54, 1.807) is 24.1 Å². The molecular weight excluding hydrogens is 288 g/mol. The molecule has 1 heterocycles. The first-order valence-corrected chi connectivity index (χ1v) is 7.57. The summed E-state index contributed by atoms with van der Waals surface area (Å²) in [6, 6.07) is 18.8. The molecule has 2 aromatic carbocycles. The van der Waals surface area contributed by atoms with Crippen LogP contribution in [-0.2, 0) is 9.59 Å². The van der Waals surface area contributed by atoms with Crippen LogP contribution in [0.3, 0.4) is 0 Å². The van der Waals surface area contributed by atoms with Crippen LogP contribution in [-0.4, -0.2) is 30.3 Å². The minimum atomic E-state index is -0.355. The van der Waals surface area contributed by atoms with Crippen molar-refractivity contribution in [1.82, 2.24) is 4.90 Å². The first-order chi connectivity index (χ1) is 11.2. The maximum atomic E-state index is 12.7. The van der Waals surface area contributed by atoms with Crippen LogP contribution in [0.4, 0.5) is 5.69 Å². The fourth-order valence-electron chi connectivity index (χ4n) is 2.70. The summed E-state index contributed by atoms with van der Waals surface area (Å²) in [4.78, 5) is 26.8. The number of hydrogen-bond donors (Lipinski definition) is 1. The third-order valence-electron chi connectivity index (χ3n) is 3.94. The van der Waals surface area contributed by atoms with Crippen molar-refractivity contribution in [1.29, 1.82) is 0 Å². The van der Waals surface area contributed by atoms with Gasteiger partial charge in [-0.2, -0.15) is 0 Å². The molecule has 23 heavy (non-hydrogen) atoms. The van der Waals surface area contributed by atoms with Crippen molar-refractivity contribution < 1.29 is 9.59 Å². The molecule has 0 atom stereocenters. The van der Waals surface area contributed by atoms with Crippen LogP contribution < -0.4 is 5.32 Å². The van der Waals surface area contributed by atoms with Gasteiger partial charge in [0.2, 0.25) is 0 Å². The highest BCUT2D eigenvalue weighted by atomic mass is 16.2. The summed E-state index contributed by atoms with van der Waals surface area (Å²) in [6.45, 7) is 0.616. The van der Waals surface area contributed by atoms with E-state index in [2.05, 4.69) is 5.32 Å². The summed E-state index contributed by atoms with van der Waals surface area (Å²) in [5.41, 5.74) is 2.64. The quantitative estimate of drug-likeness (QED) is 0.886. The molecule has 0 fully saturated rings. The molecule has 2 amide bonds. The zero-order chi connectivity index (χ0) is 16.2. The lowest BCUT2D eigenvalue weighted by Crippen LogP contribution is -2.38. The van der Waals surface area contributed by atoms with Gasteiger partial charge in [0, 0.05) is 19.3 Å². The minimum absolute atomic E-state index is 0.230. The topological polar surface area (TPSA) is 49.4 Å². The maximum absolute atomic E-state index is 12.7. The summed E-state index contributed by atoms with van der Waals surface area (Å²) < 4.78 is 0. The van der Waals surface area contributed by atoms with Gasteiger partial charge >= 0.3 is 0 Å². The number of nitrogens with zero attached hydrogens (tertiary/aromatic N) is 1. The Morgan fingerprint density at radius 3 is 2.26 bits per heavy atom. The standard InChI is InChI=1S/C19H18N2O2/c1-21-13-12-16(14-8-4-2-5-9-14)17(19(21)23)18(22)20-15-10-6-3-7-11-15/h2-11H,12-13H2,1H3,(H,20,22). The van der Waals surface area contributed by atoms with Crippen molar-refractivity contribution in [3.63, 3.8) is 0 Å². The molecule has 0 saturated heterocycles. The molecule has 3 rings (SSSR count). The van der Waals surface area contributed by atoms with Crippen molar-refractivity contribution >= 4 is 23.1 Å². The molecule has 0 spiro atoms. The van der Waals surface area contributed by atoms with Gasteiger partial charge in [-0.3, -0.25) is 9.59 Å². The second-order valence-electron chi connectivity index (χ2n) is 5.52. The zero-order valence-corrected chi connectivity index (χ0v) is 13.0. The SMILES string of the molecule is CN1CCC(c2ccccc2)=C(C(=O)Nc2ccccc2)C1=O. The molecule has 1 aliphatic rings.